The maximum Gasteiger partial charge on any atom is 0.137 e. The number of rotatable bonds is 2. The predicted octanol–water partition coefficient (Wildman–Crippen LogP) is 3.37. The minimum absolute atomic E-state index is 0.271. The molecule has 1 fully saturated rings. The van der Waals surface area contributed by atoms with Crippen LogP contribution < -0.4 is 0 Å². The van der Waals surface area contributed by atoms with Gasteiger partial charge in [0.15, 0.2) is 0 Å². The molecule has 0 heterocycles. The Bertz CT molecular complexity index is 358. The quantitative estimate of drug-likeness (QED) is 0.769. The van der Waals surface area contributed by atoms with Crippen LogP contribution in [-0.4, -0.2) is 5.71 Å². The lowest BCUT2D eigenvalue weighted by molar-refractivity contribution is 0.621. The summed E-state index contributed by atoms with van der Waals surface area (Å²) in [5.74, 6) is 0.143. The second-order valence-corrected chi connectivity index (χ2v) is 4.17. The minimum atomic E-state index is -0.271. The second kappa shape index (κ2) is 3.22. The molecule has 1 saturated carbocycles. The Morgan fingerprint density at radius 1 is 1.46 bits per heavy atom. The van der Waals surface area contributed by atoms with Gasteiger partial charge in [0.1, 0.15) is 5.82 Å². The predicted molar refractivity (Wildman–Crippen MR) is 53.7 cm³/mol. The van der Waals surface area contributed by atoms with Gasteiger partial charge in [0.05, 0.1) is 4.47 Å². The third kappa shape index (κ3) is 1.80. The van der Waals surface area contributed by atoms with Crippen molar-refractivity contribution in [2.45, 2.75) is 12.8 Å². The summed E-state index contributed by atoms with van der Waals surface area (Å²) in [6, 6.07) is 4.74. The highest BCUT2D eigenvalue weighted by Gasteiger charge is 2.27. The molecule has 1 aromatic rings. The zero-order chi connectivity index (χ0) is 9.42. The lowest BCUT2D eigenvalue weighted by Crippen LogP contribution is -2.01. The fourth-order valence-electron chi connectivity index (χ4n) is 1.27. The monoisotopic (exact) mass is 241 g/mol. The van der Waals surface area contributed by atoms with Gasteiger partial charge < -0.3 is 5.41 Å². The first-order valence-corrected chi connectivity index (χ1v) is 5.01. The SMILES string of the molecule is N=C(c1ccc(F)c(Br)c1)C1CC1. The summed E-state index contributed by atoms with van der Waals surface area (Å²) >= 11 is 3.11. The van der Waals surface area contributed by atoms with Crippen molar-refractivity contribution in [3.8, 4) is 0 Å². The number of hydrogen-bond acceptors (Lipinski definition) is 1. The van der Waals surface area contributed by atoms with E-state index in [9.17, 15) is 4.39 Å². The first-order chi connectivity index (χ1) is 6.18. The zero-order valence-corrected chi connectivity index (χ0v) is 8.57. The third-order valence-electron chi connectivity index (χ3n) is 2.22. The zero-order valence-electron chi connectivity index (χ0n) is 6.98. The molecule has 0 aromatic heterocycles. The summed E-state index contributed by atoms with van der Waals surface area (Å²) in [6.07, 6.45) is 2.21. The van der Waals surface area contributed by atoms with Crippen molar-refractivity contribution in [2.24, 2.45) is 5.92 Å². The molecule has 0 unspecified atom stereocenters. The van der Waals surface area contributed by atoms with E-state index in [-0.39, 0.29) is 5.82 Å². The lowest BCUT2D eigenvalue weighted by atomic mass is 10.1. The van der Waals surface area contributed by atoms with Crippen LogP contribution in [0.15, 0.2) is 22.7 Å². The Balaban J connectivity index is 2.30. The third-order valence-corrected chi connectivity index (χ3v) is 2.82. The Labute approximate surface area is 84.6 Å². The number of nitrogens with one attached hydrogen (secondary N) is 1. The average Bonchev–Trinajstić information content (AvgIpc) is 2.91. The Morgan fingerprint density at radius 3 is 2.69 bits per heavy atom. The van der Waals surface area contributed by atoms with Crippen molar-refractivity contribution in [1.82, 2.24) is 0 Å². The molecule has 1 aliphatic rings. The van der Waals surface area contributed by atoms with Crippen molar-refractivity contribution in [3.05, 3.63) is 34.1 Å². The van der Waals surface area contributed by atoms with Gasteiger partial charge in [0.2, 0.25) is 0 Å². The topological polar surface area (TPSA) is 23.9 Å². The van der Waals surface area contributed by atoms with Crippen LogP contribution in [0.2, 0.25) is 0 Å². The molecule has 3 heteroatoms. The van der Waals surface area contributed by atoms with Crippen LogP contribution in [0.3, 0.4) is 0 Å². The molecular formula is C10H9BrFN. The second-order valence-electron chi connectivity index (χ2n) is 3.32. The van der Waals surface area contributed by atoms with Crippen molar-refractivity contribution in [2.75, 3.05) is 0 Å². The molecule has 0 bridgehead atoms. The van der Waals surface area contributed by atoms with Gasteiger partial charge in [-0.3, -0.25) is 0 Å². The van der Waals surface area contributed by atoms with E-state index < -0.39 is 0 Å². The molecule has 68 valence electrons. The molecule has 0 radical (unpaired) electrons. The molecule has 0 spiro atoms. The van der Waals surface area contributed by atoms with Gasteiger partial charge in [-0.25, -0.2) is 4.39 Å². The summed E-state index contributed by atoms with van der Waals surface area (Å²) in [6.45, 7) is 0. The first kappa shape index (κ1) is 8.88. The summed E-state index contributed by atoms with van der Waals surface area (Å²) < 4.78 is 13.3. The van der Waals surface area contributed by atoms with Gasteiger partial charge in [-0.2, -0.15) is 0 Å². The van der Waals surface area contributed by atoms with Crippen molar-refractivity contribution in [3.63, 3.8) is 0 Å². The molecule has 13 heavy (non-hydrogen) atoms. The van der Waals surface area contributed by atoms with Crippen molar-refractivity contribution >= 4 is 21.6 Å². The lowest BCUT2D eigenvalue weighted by Gasteiger charge is -2.02. The molecule has 0 saturated heterocycles. The molecule has 1 nitrogen and oxygen atoms in total. The van der Waals surface area contributed by atoms with Crippen LogP contribution in [0.4, 0.5) is 4.39 Å². The van der Waals surface area contributed by atoms with Crippen LogP contribution in [0, 0.1) is 17.1 Å². The molecule has 0 amide bonds. The summed E-state index contributed by atoms with van der Waals surface area (Å²) in [5, 5.41) is 7.77. The van der Waals surface area contributed by atoms with Gasteiger partial charge in [-0.05, 0) is 46.5 Å². The molecule has 1 aromatic carbocycles. The summed E-state index contributed by atoms with van der Waals surface area (Å²) in [5.41, 5.74) is 1.47. The van der Waals surface area contributed by atoms with E-state index in [1.54, 1.807) is 12.1 Å². The normalized spacial score (nSPS) is 15.8. The van der Waals surface area contributed by atoms with E-state index >= 15 is 0 Å². The fourth-order valence-corrected chi connectivity index (χ4v) is 1.65. The van der Waals surface area contributed by atoms with E-state index in [0.717, 1.165) is 18.4 Å². The molecule has 0 aliphatic heterocycles. The van der Waals surface area contributed by atoms with E-state index in [4.69, 9.17) is 5.41 Å². The number of hydrogen-bond donors (Lipinski definition) is 1. The van der Waals surface area contributed by atoms with Gasteiger partial charge >= 0.3 is 0 Å². The van der Waals surface area contributed by atoms with E-state index in [0.29, 0.717) is 16.1 Å². The fraction of sp³-hybridized carbons (Fsp3) is 0.300. The maximum absolute atomic E-state index is 12.9. The number of halogens is 2. The highest BCUT2D eigenvalue weighted by atomic mass is 79.9. The molecule has 0 atom stereocenters. The Kier molecular flexibility index (Phi) is 2.20. The molecule has 1 aliphatic carbocycles. The van der Waals surface area contributed by atoms with Crippen LogP contribution >= 0.6 is 15.9 Å². The molecular weight excluding hydrogens is 233 g/mol. The molecule has 2 rings (SSSR count). The van der Waals surface area contributed by atoms with Crippen LogP contribution in [-0.2, 0) is 0 Å². The van der Waals surface area contributed by atoms with E-state index in [2.05, 4.69) is 15.9 Å². The standard InChI is InChI=1S/C10H9BrFN/c11-8-5-7(3-4-9(8)12)10(13)6-1-2-6/h3-6,13H,1-2H2. The number of benzene rings is 1. The highest BCUT2D eigenvalue weighted by molar-refractivity contribution is 9.10. The molecule has 1 N–H and O–H groups in total. The summed E-state index contributed by atoms with van der Waals surface area (Å²) in [4.78, 5) is 0. The van der Waals surface area contributed by atoms with Gasteiger partial charge in [-0.1, -0.05) is 6.07 Å². The van der Waals surface area contributed by atoms with Gasteiger partial charge in [-0.15, -0.1) is 0 Å². The van der Waals surface area contributed by atoms with E-state index in [1.807, 2.05) is 0 Å². The van der Waals surface area contributed by atoms with Crippen molar-refractivity contribution in [1.29, 1.82) is 5.41 Å². The van der Waals surface area contributed by atoms with Crippen molar-refractivity contribution < 1.29 is 4.39 Å². The average molecular weight is 242 g/mol. The van der Waals surface area contributed by atoms with Gasteiger partial charge in [0.25, 0.3) is 0 Å². The summed E-state index contributed by atoms with van der Waals surface area (Å²) in [7, 11) is 0. The Morgan fingerprint density at radius 2 is 2.15 bits per heavy atom. The minimum Gasteiger partial charge on any atom is -0.304 e. The van der Waals surface area contributed by atoms with E-state index in [1.165, 1.54) is 6.07 Å². The smallest absolute Gasteiger partial charge is 0.137 e. The maximum atomic E-state index is 12.9. The van der Waals surface area contributed by atoms with Crippen LogP contribution in [0.5, 0.6) is 0 Å². The first-order valence-electron chi connectivity index (χ1n) is 4.22. The van der Waals surface area contributed by atoms with Crippen LogP contribution in [0.1, 0.15) is 18.4 Å². The van der Waals surface area contributed by atoms with Crippen LogP contribution in [0.25, 0.3) is 0 Å². The Hall–Kier alpha value is -0.700. The highest BCUT2D eigenvalue weighted by Crippen LogP contribution is 2.33. The van der Waals surface area contributed by atoms with Gasteiger partial charge in [0, 0.05) is 11.6 Å². The largest absolute Gasteiger partial charge is 0.304 e.